The topological polar surface area (TPSA) is 54.4 Å². The molecule has 0 unspecified atom stereocenters. The van der Waals surface area contributed by atoms with Crippen LogP contribution in [0.1, 0.15) is 48.9 Å². The normalized spacial score (nSPS) is 10.6. The molecule has 0 aliphatic carbocycles. The molecule has 3 rings (SSSR count). The maximum absolute atomic E-state index is 10.9. The fourth-order valence-corrected chi connectivity index (χ4v) is 2.93. The molecule has 0 heterocycles. The van der Waals surface area contributed by atoms with Gasteiger partial charge in [-0.2, -0.15) is 0 Å². The summed E-state index contributed by atoms with van der Waals surface area (Å²) in [6.07, 6.45) is 1.65. The fourth-order valence-electron chi connectivity index (χ4n) is 2.93. The minimum atomic E-state index is -0.0193. The molecular formula is C22H18O3. The van der Waals surface area contributed by atoms with E-state index in [1.54, 1.807) is 24.3 Å². The first kappa shape index (κ1) is 16.8. The van der Waals surface area contributed by atoms with Gasteiger partial charge in [0.15, 0.2) is 0 Å². The Hall–Kier alpha value is -3.04. The Bertz CT molecular complexity index is 796. The average Bonchev–Trinajstić information content (AvgIpc) is 2.70. The van der Waals surface area contributed by atoms with Gasteiger partial charge >= 0.3 is 0 Å². The molecule has 0 saturated carbocycles. The van der Waals surface area contributed by atoms with Crippen LogP contribution in [0.25, 0.3) is 0 Å². The summed E-state index contributed by atoms with van der Waals surface area (Å²) in [6.45, 7) is 0.00695. The Morgan fingerprint density at radius 3 is 1.32 bits per heavy atom. The van der Waals surface area contributed by atoms with Gasteiger partial charge in [0.1, 0.15) is 12.6 Å². The van der Waals surface area contributed by atoms with Crippen molar-refractivity contribution in [1.82, 2.24) is 0 Å². The van der Waals surface area contributed by atoms with Crippen LogP contribution < -0.4 is 0 Å². The van der Waals surface area contributed by atoms with E-state index in [0.717, 1.165) is 34.8 Å². The Balaban J connectivity index is 2.07. The van der Waals surface area contributed by atoms with Gasteiger partial charge < -0.3 is 5.11 Å². The van der Waals surface area contributed by atoms with Gasteiger partial charge in [-0.05, 0) is 22.3 Å². The average molecular weight is 330 g/mol. The summed E-state index contributed by atoms with van der Waals surface area (Å²) < 4.78 is 0. The van der Waals surface area contributed by atoms with Gasteiger partial charge in [0.25, 0.3) is 0 Å². The van der Waals surface area contributed by atoms with Gasteiger partial charge in [0.05, 0.1) is 6.61 Å². The number of aldehydes is 2. The molecule has 0 spiro atoms. The highest BCUT2D eigenvalue weighted by molar-refractivity contribution is 5.75. The summed E-state index contributed by atoms with van der Waals surface area (Å²) in [7, 11) is 0. The van der Waals surface area contributed by atoms with E-state index in [0.29, 0.717) is 11.1 Å². The van der Waals surface area contributed by atoms with Crippen LogP contribution in [0.15, 0.2) is 72.8 Å². The largest absolute Gasteiger partial charge is 0.392 e. The summed E-state index contributed by atoms with van der Waals surface area (Å²) >= 11 is 0. The van der Waals surface area contributed by atoms with E-state index in [1.807, 2.05) is 48.5 Å². The van der Waals surface area contributed by atoms with Gasteiger partial charge in [-0.15, -0.1) is 0 Å². The van der Waals surface area contributed by atoms with Crippen molar-refractivity contribution in [3.63, 3.8) is 0 Å². The van der Waals surface area contributed by atoms with E-state index in [4.69, 9.17) is 0 Å². The zero-order valence-corrected chi connectivity index (χ0v) is 13.6. The number of hydrogen-bond donors (Lipinski definition) is 1. The lowest BCUT2D eigenvalue weighted by Gasteiger charge is -2.19. The Morgan fingerprint density at radius 1 is 0.640 bits per heavy atom. The first-order valence-corrected chi connectivity index (χ1v) is 8.05. The molecule has 0 amide bonds. The first-order valence-electron chi connectivity index (χ1n) is 8.05. The van der Waals surface area contributed by atoms with Crippen LogP contribution in [0.2, 0.25) is 0 Å². The molecule has 0 aliphatic heterocycles. The third kappa shape index (κ3) is 3.73. The smallest absolute Gasteiger partial charge is 0.150 e. The maximum Gasteiger partial charge on any atom is 0.150 e. The number of benzene rings is 3. The van der Waals surface area contributed by atoms with Crippen LogP contribution in [0.4, 0.5) is 0 Å². The molecule has 0 atom stereocenters. The molecule has 0 saturated heterocycles. The molecule has 25 heavy (non-hydrogen) atoms. The zero-order chi connectivity index (χ0) is 17.6. The lowest BCUT2D eigenvalue weighted by Crippen LogP contribution is -2.04. The summed E-state index contributed by atoms with van der Waals surface area (Å²) in [5.41, 5.74) is 5.32. The number of hydrogen-bond acceptors (Lipinski definition) is 3. The highest BCUT2D eigenvalue weighted by atomic mass is 16.3. The summed E-state index contributed by atoms with van der Waals surface area (Å²) in [4.78, 5) is 21.8. The summed E-state index contributed by atoms with van der Waals surface area (Å²) in [6, 6.07) is 22.8. The predicted octanol–water partition coefficient (Wildman–Crippen LogP) is 3.98. The zero-order valence-electron chi connectivity index (χ0n) is 13.6. The number of carbonyl (C=O) groups excluding carboxylic acids is 2. The van der Waals surface area contributed by atoms with Crippen molar-refractivity contribution < 1.29 is 14.7 Å². The van der Waals surface area contributed by atoms with E-state index in [-0.39, 0.29) is 12.5 Å². The van der Waals surface area contributed by atoms with Crippen LogP contribution >= 0.6 is 0 Å². The van der Waals surface area contributed by atoms with Crippen molar-refractivity contribution in [2.45, 2.75) is 12.5 Å². The Labute approximate surface area is 146 Å². The standard InChI is InChI=1S/C22H18O3/c23-13-16-1-7-19(8-2-16)22(20-9-3-17(14-24)4-10-20)21-11-5-18(15-25)6-12-21/h1-14,22,25H,15H2. The second-order valence-electron chi connectivity index (χ2n) is 5.90. The van der Waals surface area contributed by atoms with Crippen molar-refractivity contribution in [1.29, 1.82) is 0 Å². The number of aliphatic hydroxyl groups excluding tert-OH is 1. The van der Waals surface area contributed by atoms with E-state index >= 15 is 0 Å². The quantitative estimate of drug-likeness (QED) is 0.549. The van der Waals surface area contributed by atoms with Crippen LogP contribution in [-0.4, -0.2) is 17.7 Å². The molecule has 3 aromatic rings. The predicted molar refractivity (Wildman–Crippen MR) is 97.0 cm³/mol. The second kappa shape index (κ2) is 7.69. The van der Waals surface area contributed by atoms with E-state index in [1.165, 1.54) is 0 Å². The van der Waals surface area contributed by atoms with Gasteiger partial charge in [-0.25, -0.2) is 0 Å². The molecule has 3 aromatic carbocycles. The molecule has 0 radical (unpaired) electrons. The monoisotopic (exact) mass is 330 g/mol. The number of rotatable bonds is 6. The van der Waals surface area contributed by atoms with Crippen LogP contribution in [0.3, 0.4) is 0 Å². The molecule has 0 aromatic heterocycles. The third-order valence-corrected chi connectivity index (χ3v) is 4.31. The van der Waals surface area contributed by atoms with Crippen LogP contribution in [-0.2, 0) is 6.61 Å². The molecule has 3 nitrogen and oxygen atoms in total. The summed E-state index contributed by atoms with van der Waals surface area (Å²) in [5, 5.41) is 9.25. The molecule has 0 bridgehead atoms. The number of aliphatic hydroxyl groups is 1. The summed E-state index contributed by atoms with van der Waals surface area (Å²) in [5.74, 6) is -0.0193. The highest BCUT2D eigenvalue weighted by Crippen LogP contribution is 2.32. The highest BCUT2D eigenvalue weighted by Gasteiger charge is 2.17. The maximum atomic E-state index is 10.9. The van der Waals surface area contributed by atoms with Crippen molar-refractivity contribution in [2.24, 2.45) is 0 Å². The minimum absolute atomic E-state index is 0.00695. The van der Waals surface area contributed by atoms with Crippen molar-refractivity contribution in [2.75, 3.05) is 0 Å². The molecular weight excluding hydrogens is 312 g/mol. The molecule has 0 fully saturated rings. The van der Waals surface area contributed by atoms with Crippen molar-refractivity contribution in [3.8, 4) is 0 Å². The molecule has 0 aliphatic rings. The van der Waals surface area contributed by atoms with E-state index < -0.39 is 0 Å². The lowest BCUT2D eigenvalue weighted by atomic mass is 9.84. The first-order chi connectivity index (χ1) is 12.2. The third-order valence-electron chi connectivity index (χ3n) is 4.31. The van der Waals surface area contributed by atoms with Crippen molar-refractivity contribution >= 4 is 12.6 Å². The minimum Gasteiger partial charge on any atom is -0.392 e. The van der Waals surface area contributed by atoms with Crippen LogP contribution in [0.5, 0.6) is 0 Å². The van der Waals surface area contributed by atoms with Gasteiger partial charge in [0, 0.05) is 17.0 Å². The molecule has 3 heteroatoms. The lowest BCUT2D eigenvalue weighted by molar-refractivity contribution is 0.111. The van der Waals surface area contributed by atoms with E-state index in [9.17, 15) is 14.7 Å². The fraction of sp³-hybridized carbons (Fsp3) is 0.0909. The second-order valence-corrected chi connectivity index (χ2v) is 5.90. The van der Waals surface area contributed by atoms with E-state index in [2.05, 4.69) is 0 Å². The molecule has 1 N–H and O–H groups in total. The van der Waals surface area contributed by atoms with Gasteiger partial charge in [-0.1, -0.05) is 72.8 Å². The Morgan fingerprint density at radius 2 is 1.00 bits per heavy atom. The van der Waals surface area contributed by atoms with Gasteiger partial charge in [0.2, 0.25) is 0 Å². The van der Waals surface area contributed by atoms with Crippen LogP contribution in [0, 0.1) is 0 Å². The molecule has 124 valence electrons. The SMILES string of the molecule is O=Cc1ccc(C(c2ccc(C=O)cc2)c2ccc(CO)cc2)cc1. The van der Waals surface area contributed by atoms with Gasteiger partial charge in [-0.3, -0.25) is 9.59 Å². The Kier molecular flexibility index (Phi) is 5.17. The van der Waals surface area contributed by atoms with Crippen molar-refractivity contribution in [3.05, 3.63) is 106 Å². The number of carbonyl (C=O) groups is 2.